The number of nitrogens with one attached hydrogen (secondary N) is 1. The molecular formula is C12H19NOS. The fraction of sp³-hybridized carbons (Fsp3) is 0.667. The molecule has 15 heavy (non-hydrogen) atoms. The van der Waals surface area contributed by atoms with Crippen molar-refractivity contribution < 1.29 is 4.74 Å². The highest BCUT2D eigenvalue weighted by molar-refractivity contribution is 7.07. The van der Waals surface area contributed by atoms with Crippen molar-refractivity contribution in [3.05, 3.63) is 22.4 Å². The van der Waals surface area contributed by atoms with Crippen molar-refractivity contribution >= 4 is 11.3 Å². The average Bonchev–Trinajstić information content (AvgIpc) is 2.66. The van der Waals surface area contributed by atoms with E-state index >= 15 is 0 Å². The lowest BCUT2D eigenvalue weighted by molar-refractivity contribution is 0.00436. The van der Waals surface area contributed by atoms with Crippen LogP contribution in [0.5, 0.6) is 0 Å². The van der Waals surface area contributed by atoms with Crippen molar-refractivity contribution in [2.45, 2.75) is 31.8 Å². The molecule has 0 unspecified atom stereocenters. The number of ether oxygens (including phenoxy) is 1. The zero-order valence-corrected chi connectivity index (χ0v) is 9.89. The Balaban J connectivity index is 1.41. The highest BCUT2D eigenvalue weighted by atomic mass is 32.1. The molecule has 1 aliphatic carbocycles. The fourth-order valence-corrected chi connectivity index (χ4v) is 2.33. The zero-order valence-electron chi connectivity index (χ0n) is 9.08. The Kier molecular flexibility index (Phi) is 4.64. The monoisotopic (exact) mass is 225 g/mol. The predicted octanol–water partition coefficient (Wildman–Crippen LogP) is 2.45. The topological polar surface area (TPSA) is 21.3 Å². The van der Waals surface area contributed by atoms with Crippen LogP contribution in [0.3, 0.4) is 0 Å². The highest BCUT2D eigenvalue weighted by Crippen LogP contribution is 2.21. The summed E-state index contributed by atoms with van der Waals surface area (Å²) in [5.74, 6) is 0. The smallest absolute Gasteiger partial charge is 0.0594 e. The first-order chi connectivity index (χ1) is 7.45. The molecule has 0 saturated heterocycles. The van der Waals surface area contributed by atoms with E-state index in [4.69, 9.17) is 4.74 Å². The van der Waals surface area contributed by atoms with E-state index in [1.807, 2.05) is 0 Å². The summed E-state index contributed by atoms with van der Waals surface area (Å²) in [6.07, 6.45) is 5.61. The molecule has 1 aliphatic rings. The van der Waals surface area contributed by atoms with Gasteiger partial charge in [0.15, 0.2) is 0 Å². The molecule has 0 radical (unpaired) electrons. The van der Waals surface area contributed by atoms with E-state index in [1.165, 1.54) is 24.8 Å². The summed E-state index contributed by atoms with van der Waals surface area (Å²) in [5, 5.41) is 7.76. The number of hydrogen-bond acceptors (Lipinski definition) is 3. The lowest BCUT2D eigenvalue weighted by Crippen LogP contribution is -2.28. The summed E-state index contributed by atoms with van der Waals surface area (Å²) in [4.78, 5) is 0. The SMILES string of the molecule is c1cc(CCNCCOC2CCC2)cs1. The van der Waals surface area contributed by atoms with Gasteiger partial charge in [-0.05, 0) is 54.6 Å². The van der Waals surface area contributed by atoms with Crippen molar-refractivity contribution in [3.63, 3.8) is 0 Å². The second kappa shape index (κ2) is 6.26. The van der Waals surface area contributed by atoms with Gasteiger partial charge in [-0.3, -0.25) is 0 Å². The average molecular weight is 225 g/mol. The molecule has 0 aromatic carbocycles. The van der Waals surface area contributed by atoms with Crippen molar-refractivity contribution in [1.82, 2.24) is 5.32 Å². The standard InChI is InChI=1S/C12H19NOS/c1-2-12(3-1)14-8-7-13-6-4-11-5-9-15-10-11/h5,9-10,12-13H,1-4,6-8H2. The lowest BCUT2D eigenvalue weighted by atomic mass is 9.96. The van der Waals surface area contributed by atoms with E-state index < -0.39 is 0 Å². The van der Waals surface area contributed by atoms with E-state index in [-0.39, 0.29) is 0 Å². The molecule has 1 fully saturated rings. The molecule has 1 N–H and O–H groups in total. The van der Waals surface area contributed by atoms with Crippen LogP contribution < -0.4 is 5.32 Å². The van der Waals surface area contributed by atoms with Crippen molar-refractivity contribution in [3.8, 4) is 0 Å². The quantitative estimate of drug-likeness (QED) is 0.720. The Morgan fingerprint density at radius 2 is 2.33 bits per heavy atom. The first kappa shape index (κ1) is 11.1. The van der Waals surface area contributed by atoms with Crippen LogP contribution in [0.15, 0.2) is 16.8 Å². The number of rotatable bonds is 7. The van der Waals surface area contributed by atoms with Gasteiger partial charge >= 0.3 is 0 Å². The molecule has 0 bridgehead atoms. The summed E-state index contributed by atoms with van der Waals surface area (Å²) in [7, 11) is 0. The number of hydrogen-bond donors (Lipinski definition) is 1. The molecule has 1 saturated carbocycles. The Labute approximate surface area is 95.6 Å². The van der Waals surface area contributed by atoms with Crippen LogP contribution in [-0.4, -0.2) is 25.8 Å². The normalized spacial score (nSPS) is 16.5. The van der Waals surface area contributed by atoms with E-state index in [0.29, 0.717) is 6.10 Å². The molecule has 3 heteroatoms. The summed E-state index contributed by atoms with van der Waals surface area (Å²) < 4.78 is 5.65. The van der Waals surface area contributed by atoms with E-state index in [1.54, 1.807) is 11.3 Å². The first-order valence-corrected chi connectivity index (χ1v) is 6.73. The minimum absolute atomic E-state index is 0.573. The van der Waals surface area contributed by atoms with E-state index in [0.717, 1.165) is 26.1 Å². The zero-order chi connectivity index (χ0) is 10.3. The minimum atomic E-state index is 0.573. The van der Waals surface area contributed by atoms with Gasteiger partial charge < -0.3 is 10.1 Å². The Morgan fingerprint density at radius 1 is 1.40 bits per heavy atom. The number of thiophene rings is 1. The predicted molar refractivity (Wildman–Crippen MR) is 64.5 cm³/mol. The Morgan fingerprint density at radius 3 is 3.00 bits per heavy atom. The second-order valence-corrected chi connectivity index (χ2v) is 4.84. The molecular weight excluding hydrogens is 206 g/mol. The third-order valence-electron chi connectivity index (χ3n) is 2.86. The summed E-state index contributed by atoms with van der Waals surface area (Å²) in [6.45, 7) is 2.92. The van der Waals surface area contributed by atoms with Crippen molar-refractivity contribution in [2.75, 3.05) is 19.7 Å². The molecule has 0 aliphatic heterocycles. The largest absolute Gasteiger partial charge is 0.377 e. The van der Waals surface area contributed by atoms with Gasteiger partial charge in [-0.2, -0.15) is 11.3 Å². The highest BCUT2D eigenvalue weighted by Gasteiger charge is 2.16. The second-order valence-electron chi connectivity index (χ2n) is 4.06. The third-order valence-corrected chi connectivity index (χ3v) is 3.59. The van der Waals surface area contributed by atoms with Crippen molar-refractivity contribution in [2.24, 2.45) is 0 Å². The summed E-state index contributed by atoms with van der Waals surface area (Å²) >= 11 is 1.77. The molecule has 1 aromatic heterocycles. The van der Waals surface area contributed by atoms with Gasteiger partial charge in [0.2, 0.25) is 0 Å². The molecule has 0 atom stereocenters. The van der Waals surface area contributed by atoms with E-state index in [9.17, 15) is 0 Å². The van der Waals surface area contributed by atoms with Gasteiger partial charge in [-0.25, -0.2) is 0 Å². The van der Waals surface area contributed by atoms with Crippen LogP contribution in [0.1, 0.15) is 24.8 Å². The molecule has 2 nitrogen and oxygen atoms in total. The maximum atomic E-state index is 5.65. The van der Waals surface area contributed by atoms with Gasteiger partial charge in [0, 0.05) is 6.54 Å². The van der Waals surface area contributed by atoms with Gasteiger partial charge in [-0.1, -0.05) is 0 Å². The van der Waals surface area contributed by atoms with Crippen LogP contribution in [0.2, 0.25) is 0 Å². The maximum Gasteiger partial charge on any atom is 0.0594 e. The maximum absolute atomic E-state index is 5.65. The van der Waals surface area contributed by atoms with Crippen LogP contribution in [0.4, 0.5) is 0 Å². The van der Waals surface area contributed by atoms with Gasteiger partial charge in [-0.15, -0.1) is 0 Å². The summed E-state index contributed by atoms with van der Waals surface area (Å²) in [6, 6.07) is 2.19. The lowest BCUT2D eigenvalue weighted by Gasteiger charge is -2.25. The fourth-order valence-electron chi connectivity index (χ4n) is 1.63. The molecule has 0 amide bonds. The minimum Gasteiger partial charge on any atom is -0.377 e. The molecule has 0 spiro atoms. The van der Waals surface area contributed by atoms with Crippen LogP contribution in [0.25, 0.3) is 0 Å². The van der Waals surface area contributed by atoms with Crippen LogP contribution >= 0.6 is 11.3 Å². The van der Waals surface area contributed by atoms with Gasteiger partial charge in [0.1, 0.15) is 0 Å². The van der Waals surface area contributed by atoms with Crippen LogP contribution in [0, 0.1) is 0 Å². The third kappa shape index (κ3) is 3.93. The van der Waals surface area contributed by atoms with Crippen molar-refractivity contribution in [1.29, 1.82) is 0 Å². The van der Waals surface area contributed by atoms with Gasteiger partial charge in [0.05, 0.1) is 12.7 Å². The molecule has 1 heterocycles. The Bertz CT molecular complexity index is 257. The summed E-state index contributed by atoms with van der Waals surface area (Å²) in [5.41, 5.74) is 1.44. The molecule has 84 valence electrons. The first-order valence-electron chi connectivity index (χ1n) is 5.78. The van der Waals surface area contributed by atoms with Crippen LogP contribution in [-0.2, 0) is 11.2 Å². The molecule has 2 rings (SSSR count). The van der Waals surface area contributed by atoms with Gasteiger partial charge in [0.25, 0.3) is 0 Å². The van der Waals surface area contributed by atoms with E-state index in [2.05, 4.69) is 22.1 Å². The Hall–Kier alpha value is -0.380. The molecule has 1 aromatic rings.